The van der Waals surface area contributed by atoms with Gasteiger partial charge in [0.15, 0.2) is 5.82 Å². The largest absolute Gasteiger partial charge is 0.367 e. The van der Waals surface area contributed by atoms with Crippen LogP contribution in [-0.4, -0.2) is 36.5 Å². The molecule has 0 amide bonds. The van der Waals surface area contributed by atoms with Crippen molar-refractivity contribution in [1.29, 1.82) is 0 Å². The molecule has 1 fully saturated rings. The highest BCUT2D eigenvalue weighted by Gasteiger charge is 2.35. The highest BCUT2D eigenvalue weighted by Crippen LogP contribution is 2.34. The van der Waals surface area contributed by atoms with Gasteiger partial charge in [0.25, 0.3) is 0 Å². The molecule has 0 aliphatic heterocycles. The molecular formula is C19H22F2N6. The van der Waals surface area contributed by atoms with E-state index < -0.39 is 5.92 Å². The van der Waals surface area contributed by atoms with E-state index in [-0.39, 0.29) is 18.9 Å². The molecule has 1 aliphatic rings. The first-order chi connectivity index (χ1) is 12.9. The molecule has 0 bridgehead atoms. The van der Waals surface area contributed by atoms with E-state index in [1.807, 2.05) is 44.3 Å². The van der Waals surface area contributed by atoms with Gasteiger partial charge in [-0.05, 0) is 38.8 Å². The van der Waals surface area contributed by atoms with Crippen LogP contribution in [0.5, 0.6) is 0 Å². The lowest BCUT2D eigenvalue weighted by Gasteiger charge is -2.29. The van der Waals surface area contributed by atoms with Gasteiger partial charge >= 0.3 is 0 Å². The molecule has 3 heterocycles. The number of halogens is 2. The van der Waals surface area contributed by atoms with Gasteiger partial charge in [-0.25, -0.2) is 23.1 Å². The monoisotopic (exact) mass is 372 g/mol. The average Bonchev–Trinajstić information content (AvgIpc) is 3.26. The van der Waals surface area contributed by atoms with E-state index in [0.717, 1.165) is 17.1 Å². The maximum Gasteiger partial charge on any atom is 0.248 e. The lowest BCUT2D eigenvalue weighted by molar-refractivity contribution is -0.0361. The molecule has 0 radical (unpaired) electrons. The van der Waals surface area contributed by atoms with E-state index in [4.69, 9.17) is 0 Å². The fourth-order valence-electron chi connectivity index (χ4n) is 3.49. The maximum absolute atomic E-state index is 13.4. The van der Waals surface area contributed by atoms with Crippen LogP contribution < -0.4 is 5.32 Å². The molecule has 1 saturated carbocycles. The number of hydrogen-bond donors (Lipinski definition) is 1. The van der Waals surface area contributed by atoms with Crippen molar-refractivity contribution in [3.8, 4) is 11.5 Å². The summed E-state index contributed by atoms with van der Waals surface area (Å²) >= 11 is 0. The third kappa shape index (κ3) is 3.84. The Kier molecular flexibility index (Phi) is 4.41. The highest BCUT2D eigenvalue weighted by atomic mass is 19.3. The van der Waals surface area contributed by atoms with Gasteiger partial charge in [-0.3, -0.25) is 0 Å². The maximum atomic E-state index is 13.4. The fraction of sp³-hybridized carbons (Fsp3) is 0.421. The van der Waals surface area contributed by atoms with Gasteiger partial charge in [0.2, 0.25) is 5.92 Å². The molecule has 0 spiro atoms. The van der Waals surface area contributed by atoms with Crippen molar-refractivity contribution in [1.82, 2.24) is 24.5 Å². The Morgan fingerprint density at radius 2 is 1.93 bits per heavy atom. The lowest BCUT2D eigenvalue weighted by Crippen LogP contribution is -2.32. The molecule has 27 heavy (non-hydrogen) atoms. The molecule has 4 rings (SSSR count). The molecule has 0 unspecified atom stereocenters. The molecule has 142 valence electrons. The quantitative estimate of drug-likeness (QED) is 0.750. The predicted octanol–water partition coefficient (Wildman–Crippen LogP) is 4.06. The third-order valence-corrected chi connectivity index (χ3v) is 4.86. The van der Waals surface area contributed by atoms with Crippen molar-refractivity contribution in [2.24, 2.45) is 0 Å². The van der Waals surface area contributed by atoms with Crippen LogP contribution in [0.25, 0.3) is 11.5 Å². The summed E-state index contributed by atoms with van der Waals surface area (Å²) in [6, 6.07) is 7.61. The van der Waals surface area contributed by atoms with Crippen LogP contribution in [0.2, 0.25) is 0 Å². The summed E-state index contributed by atoms with van der Waals surface area (Å²) in [5.74, 6) is -1.24. The lowest BCUT2D eigenvalue weighted by atomic mass is 9.92. The standard InChI is InChI=1S/C19H22F2N6/c1-13-10-14(2)27(25-13)18-12-16(26-9-3-8-22-26)11-17(24-18)23-15-4-6-19(20,21)7-5-15/h3,8-12,15H,4-7H2,1-2H3,(H,23,24). The number of nitrogens with zero attached hydrogens (tertiary/aromatic N) is 5. The Morgan fingerprint density at radius 1 is 1.15 bits per heavy atom. The number of nitrogens with one attached hydrogen (secondary N) is 1. The fourth-order valence-corrected chi connectivity index (χ4v) is 3.49. The molecule has 3 aromatic heterocycles. The Balaban J connectivity index is 1.67. The summed E-state index contributed by atoms with van der Waals surface area (Å²) in [5.41, 5.74) is 2.71. The van der Waals surface area contributed by atoms with Gasteiger partial charge in [0, 0.05) is 49.1 Å². The van der Waals surface area contributed by atoms with E-state index in [9.17, 15) is 8.78 Å². The van der Waals surface area contributed by atoms with Crippen LogP contribution in [0.15, 0.2) is 36.7 Å². The minimum atomic E-state index is -2.54. The molecule has 0 aromatic carbocycles. The normalized spacial score (nSPS) is 17.2. The van der Waals surface area contributed by atoms with Crippen molar-refractivity contribution < 1.29 is 8.78 Å². The first-order valence-electron chi connectivity index (χ1n) is 9.10. The second-order valence-electron chi connectivity index (χ2n) is 7.13. The van der Waals surface area contributed by atoms with Crippen LogP contribution in [-0.2, 0) is 0 Å². The van der Waals surface area contributed by atoms with E-state index in [0.29, 0.717) is 24.5 Å². The molecule has 0 atom stereocenters. The smallest absolute Gasteiger partial charge is 0.248 e. The number of alkyl halides is 2. The molecular weight excluding hydrogens is 350 g/mol. The van der Waals surface area contributed by atoms with Crippen molar-refractivity contribution in [2.45, 2.75) is 51.5 Å². The molecule has 1 N–H and O–H groups in total. The van der Waals surface area contributed by atoms with Crippen LogP contribution in [0.3, 0.4) is 0 Å². The zero-order valence-electron chi connectivity index (χ0n) is 15.4. The second kappa shape index (κ2) is 6.75. The van der Waals surface area contributed by atoms with E-state index >= 15 is 0 Å². The predicted molar refractivity (Wildman–Crippen MR) is 98.8 cm³/mol. The molecule has 8 heteroatoms. The summed E-state index contributed by atoms with van der Waals surface area (Å²) in [4.78, 5) is 4.68. The van der Waals surface area contributed by atoms with Gasteiger partial charge in [0.1, 0.15) is 5.82 Å². The Labute approximate surface area is 156 Å². The Bertz CT molecular complexity index is 922. The summed E-state index contributed by atoms with van der Waals surface area (Å²) in [5, 5.41) is 12.1. The van der Waals surface area contributed by atoms with Crippen molar-refractivity contribution in [2.75, 3.05) is 5.32 Å². The van der Waals surface area contributed by atoms with E-state index in [2.05, 4.69) is 20.5 Å². The van der Waals surface area contributed by atoms with E-state index in [1.54, 1.807) is 15.6 Å². The topological polar surface area (TPSA) is 60.6 Å². The summed E-state index contributed by atoms with van der Waals surface area (Å²) in [7, 11) is 0. The zero-order valence-corrected chi connectivity index (χ0v) is 15.4. The first kappa shape index (κ1) is 17.6. The van der Waals surface area contributed by atoms with Gasteiger partial charge in [-0.2, -0.15) is 10.2 Å². The molecule has 0 saturated heterocycles. The van der Waals surface area contributed by atoms with Crippen molar-refractivity contribution >= 4 is 5.82 Å². The van der Waals surface area contributed by atoms with Crippen LogP contribution in [0.4, 0.5) is 14.6 Å². The second-order valence-corrected chi connectivity index (χ2v) is 7.13. The minimum absolute atomic E-state index is 0.0155. The van der Waals surface area contributed by atoms with Gasteiger partial charge in [0.05, 0.1) is 11.4 Å². The Morgan fingerprint density at radius 3 is 2.56 bits per heavy atom. The molecule has 1 aliphatic carbocycles. The number of aryl methyl sites for hydroxylation is 2. The number of pyridine rings is 1. The molecule has 6 nitrogen and oxygen atoms in total. The zero-order chi connectivity index (χ0) is 19.0. The van der Waals surface area contributed by atoms with Crippen LogP contribution >= 0.6 is 0 Å². The SMILES string of the molecule is Cc1cc(C)n(-c2cc(-n3cccn3)cc(NC3CCC(F)(F)CC3)n2)n1. The highest BCUT2D eigenvalue weighted by molar-refractivity contribution is 5.51. The Hall–Kier alpha value is -2.77. The van der Waals surface area contributed by atoms with Gasteiger partial charge < -0.3 is 5.32 Å². The number of rotatable bonds is 4. The van der Waals surface area contributed by atoms with Crippen LogP contribution in [0.1, 0.15) is 37.1 Å². The summed E-state index contributed by atoms with van der Waals surface area (Å²) in [6.45, 7) is 3.90. The summed E-state index contributed by atoms with van der Waals surface area (Å²) in [6.07, 6.45) is 4.23. The third-order valence-electron chi connectivity index (χ3n) is 4.86. The van der Waals surface area contributed by atoms with Gasteiger partial charge in [-0.15, -0.1) is 0 Å². The average molecular weight is 372 g/mol. The first-order valence-corrected chi connectivity index (χ1v) is 9.10. The summed E-state index contributed by atoms with van der Waals surface area (Å²) < 4.78 is 30.4. The van der Waals surface area contributed by atoms with E-state index in [1.165, 1.54) is 0 Å². The van der Waals surface area contributed by atoms with Crippen molar-refractivity contribution in [3.63, 3.8) is 0 Å². The number of hydrogen-bond acceptors (Lipinski definition) is 4. The molecule has 3 aromatic rings. The van der Waals surface area contributed by atoms with Gasteiger partial charge in [-0.1, -0.05) is 0 Å². The van der Waals surface area contributed by atoms with Crippen LogP contribution in [0, 0.1) is 13.8 Å². The minimum Gasteiger partial charge on any atom is -0.367 e. The number of anilines is 1. The van der Waals surface area contributed by atoms with Crippen molar-refractivity contribution in [3.05, 3.63) is 48.0 Å². The number of aromatic nitrogens is 5.